The summed E-state index contributed by atoms with van der Waals surface area (Å²) < 4.78 is 11.1. The normalized spacial score (nSPS) is 27.1. The Labute approximate surface area is 142 Å². The number of hydrogen-bond donors (Lipinski definition) is 0. The van der Waals surface area contributed by atoms with Gasteiger partial charge in [-0.15, -0.1) is 0 Å². The minimum atomic E-state index is -0.405. The summed E-state index contributed by atoms with van der Waals surface area (Å²) >= 11 is 0. The Morgan fingerprint density at radius 2 is 2.08 bits per heavy atom. The quantitative estimate of drug-likeness (QED) is 0.832. The Hall–Kier alpha value is -1.82. The van der Waals surface area contributed by atoms with Crippen LogP contribution in [-0.4, -0.2) is 59.0 Å². The standard InChI is InChI=1S/C18H26N2O4/c1-13-11-19(12-18(2,3)24-13)16(21)14-7-4-5-9-20(14)17(22)15-8-6-10-23-15/h6,8,10,13-14H,4-5,7,9,11-12H2,1-3H3. The average Bonchev–Trinajstić information content (AvgIpc) is 3.06. The zero-order chi connectivity index (χ0) is 17.3. The van der Waals surface area contributed by atoms with Gasteiger partial charge in [0, 0.05) is 19.6 Å². The van der Waals surface area contributed by atoms with E-state index in [-0.39, 0.29) is 23.5 Å². The molecule has 6 heteroatoms. The fourth-order valence-corrected chi connectivity index (χ4v) is 3.81. The molecule has 0 saturated carbocycles. The first-order chi connectivity index (χ1) is 11.4. The molecule has 2 saturated heterocycles. The average molecular weight is 334 g/mol. The van der Waals surface area contributed by atoms with Crippen molar-refractivity contribution < 1.29 is 18.7 Å². The van der Waals surface area contributed by atoms with Crippen LogP contribution >= 0.6 is 0 Å². The second kappa shape index (κ2) is 6.59. The van der Waals surface area contributed by atoms with Crippen molar-refractivity contribution in [2.24, 2.45) is 0 Å². The molecule has 0 bridgehead atoms. The van der Waals surface area contributed by atoms with Gasteiger partial charge in [-0.1, -0.05) is 0 Å². The van der Waals surface area contributed by atoms with Gasteiger partial charge in [0.25, 0.3) is 5.91 Å². The summed E-state index contributed by atoms with van der Waals surface area (Å²) in [4.78, 5) is 29.3. The van der Waals surface area contributed by atoms with Crippen LogP contribution in [-0.2, 0) is 9.53 Å². The Bertz CT molecular complexity index is 596. The first kappa shape index (κ1) is 17.0. The molecule has 2 fully saturated rings. The lowest BCUT2D eigenvalue weighted by Crippen LogP contribution is -2.59. The zero-order valence-electron chi connectivity index (χ0n) is 14.7. The molecule has 3 heterocycles. The van der Waals surface area contributed by atoms with Gasteiger partial charge in [0.2, 0.25) is 5.91 Å². The number of rotatable bonds is 2. The van der Waals surface area contributed by atoms with Crippen LogP contribution < -0.4 is 0 Å². The highest BCUT2D eigenvalue weighted by Gasteiger charge is 2.40. The number of piperidine rings is 1. The van der Waals surface area contributed by atoms with E-state index in [1.807, 2.05) is 25.7 Å². The molecule has 6 nitrogen and oxygen atoms in total. The van der Waals surface area contributed by atoms with Crippen LogP contribution in [0.25, 0.3) is 0 Å². The van der Waals surface area contributed by atoms with E-state index in [1.54, 1.807) is 17.0 Å². The number of morpholine rings is 1. The van der Waals surface area contributed by atoms with E-state index in [2.05, 4.69) is 0 Å². The highest BCUT2D eigenvalue weighted by molar-refractivity contribution is 5.95. The van der Waals surface area contributed by atoms with Gasteiger partial charge < -0.3 is 19.0 Å². The number of amides is 2. The van der Waals surface area contributed by atoms with Crippen molar-refractivity contribution in [1.29, 1.82) is 0 Å². The van der Waals surface area contributed by atoms with Crippen molar-refractivity contribution in [2.45, 2.75) is 57.8 Å². The first-order valence-corrected chi connectivity index (χ1v) is 8.68. The van der Waals surface area contributed by atoms with Crippen molar-refractivity contribution in [3.8, 4) is 0 Å². The third kappa shape index (κ3) is 3.48. The van der Waals surface area contributed by atoms with Gasteiger partial charge >= 0.3 is 0 Å². The molecule has 0 spiro atoms. The third-order valence-corrected chi connectivity index (χ3v) is 4.66. The van der Waals surface area contributed by atoms with Gasteiger partial charge in [-0.3, -0.25) is 9.59 Å². The van der Waals surface area contributed by atoms with Crippen molar-refractivity contribution >= 4 is 11.8 Å². The maximum absolute atomic E-state index is 13.1. The number of hydrogen-bond acceptors (Lipinski definition) is 4. The molecule has 24 heavy (non-hydrogen) atoms. The second-order valence-corrected chi connectivity index (χ2v) is 7.39. The summed E-state index contributed by atoms with van der Waals surface area (Å²) in [6.07, 6.45) is 4.07. The number of nitrogens with zero attached hydrogens (tertiary/aromatic N) is 2. The van der Waals surface area contributed by atoms with Crippen molar-refractivity contribution in [3.63, 3.8) is 0 Å². The Morgan fingerprint density at radius 3 is 2.75 bits per heavy atom. The lowest BCUT2D eigenvalue weighted by molar-refractivity contribution is -0.162. The molecule has 0 aliphatic carbocycles. The van der Waals surface area contributed by atoms with Crippen molar-refractivity contribution in [2.75, 3.05) is 19.6 Å². The molecule has 2 atom stereocenters. The summed E-state index contributed by atoms with van der Waals surface area (Å²) in [5, 5.41) is 0. The minimum Gasteiger partial charge on any atom is -0.459 e. The van der Waals surface area contributed by atoms with Gasteiger partial charge in [0.15, 0.2) is 5.76 Å². The molecule has 1 aromatic heterocycles. The summed E-state index contributed by atoms with van der Waals surface area (Å²) in [6, 6.07) is 2.94. The van der Waals surface area contributed by atoms with Crippen LogP contribution in [0.15, 0.2) is 22.8 Å². The molecule has 0 N–H and O–H groups in total. The Balaban J connectivity index is 1.77. The summed E-state index contributed by atoms with van der Waals surface area (Å²) in [5.74, 6) is 0.127. The highest BCUT2D eigenvalue weighted by Crippen LogP contribution is 2.26. The second-order valence-electron chi connectivity index (χ2n) is 7.39. The summed E-state index contributed by atoms with van der Waals surface area (Å²) in [6.45, 7) is 7.69. The zero-order valence-corrected chi connectivity index (χ0v) is 14.7. The van der Waals surface area contributed by atoms with Crippen LogP contribution in [0.3, 0.4) is 0 Å². The van der Waals surface area contributed by atoms with Crippen LogP contribution in [0, 0.1) is 0 Å². The lowest BCUT2D eigenvalue weighted by Gasteiger charge is -2.44. The number of likely N-dealkylation sites (tertiary alicyclic amines) is 1. The predicted molar refractivity (Wildman–Crippen MR) is 88.6 cm³/mol. The number of carbonyl (C=O) groups is 2. The number of carbonyl (C=O) groups excluding carboxylic acids is 2. The van der Waals surface area contributed by atoms with Crippen molar-refractivity contribution in [3.05, 3.63) is 24.2 Å². The van der Waals surface area contributed by atoms with E-state index >= 15 is 0 Å². The molecular weight excluding hydrogens is 308 g/mol. The van der Waals surface area contributed by atoms with Gasteiger partial charge in [-0.25, -0.2) is 0 Å². The van der Waals surface area contributed by atoms with E-state index in [0.29, 0.717) is 31.8 Å². The smallest absolute Gasteiger partial charge is 0.290 e. The largest absolute Gasteiger partial charge is 0.459 e. The third-order valence-electron chi connectivity index (χ3n) is 4.66. The van der Waals surface area contributed by atoms with Crippen LogP contribution in [0.5, 0.6) is 0 Å². The SMILES string of the molecule is CC1CN(C(=O)C2CCCCN2C(=O)c2ccco2)CC(C)(C)O1. The molecule has 2 aliphatic heterocycles. The van der Waals surface area contributed by atoms with E-state index in [0.717, 1.165) is 12.8 Å². The lowest BCUT2D eigenvalue weighted by atomic mass is 9.98. The highest BCUT2D eigenvalue weighted by atomic mass is 16.5. The Morgan fingerprint density at radius 1 is 1.29 bits per heavy atom. The van der Waals surface area contributed by atoms with Gasteiger partial charge in [-0.05, 0) is 52.2 Å². The predicted octanol–water partition coefficient (Wildman–Crippen LogP) is 2.30. The molecule has 0 aromatic carbocycles. The number of furan rings is 1. The fraction of sp³-hybridized carbons (Fsp3) is 0.667. The first-order valence-electron chi connectivity index (χ1n) is 8.68. The molecular formula is C18H26N2O4. The minimum absolute atomic E-state index is 0.00415. The Kier molecular flexibility index (Phi) is 4.67. The molecule has 132 valence electrons. The number of ether oxygens (including phenoxy) is 1. The van der Waals surface area contributed by atoms with Gasteiger partial charge in [-0.2, -0.15) is 0 Å². The summed E-state index contributed by atoms with van der Waals surface area (Å²) in [5.41, 5.74) is -0.363. The van der Waals surface area contributed by atoms with Crippen LogP contribution in [0.1, 0.15) is 50.6 Å². The monoisotopic (exact) mass is 334 g/mol. The molecule has 1 aromatic rings. The van der Waals surface area contributed by atoms with E-state index in [4.69, 9.17) is 9.15 Å². The van der Waals surface area contributed by atoms with E-state index in [9.17, 15) is 9.59 Å². The van der Waals surface area contributed by atoms with Gasteiger partial charge in [0.05, 0.1) is 18.0 Å². The van der Waals surface area contributed by atoms with E-state index in [1.165, 1.54) is 6.26 Å². The maximum Gasteiger partial charge on any atom is 0.290 e. The molecule has 0 radical (unpaired) electrons. The van der Waals surface area contributed by atoms with Gasteiger partial charge in [0.1, 0.15) is 6.04 Å². The molecule has 2 aliphatic rings. The molecule has 3 rings (SSSR count). The van der Waals surface area contributed by atoms with Crippen molar-refractivity contribution in [1.82, 2.24) is 9.80 Å². The molecule has 2 amide bonds. The molecule has 2 unspecified atom stereocenters. The summed E-state index contributed by atoms with van der Waals surface area (Å²) in [7, 11) is 0. The fourth-order valence-electron chi connectivity index (χ4n) is 3.81. The van der Waals surface area contributed by atoms with Crippen LogP contribution in [0.4, 0.5) is 0 Å². The maximum atomic E-state index is 13.1. The van der Waals surface area contributed by atoms with E-state index < -0.39 is 6.04 Å². The van der Waals surface area contributed by atoms with Crippen LogP contribution in [0.2, 0.25) is 0 Å². The topological polar surface area (TPSA) is 63.0 Å².